The van der Waals surface area contributed by atoms with Crippen LogP contribution in [0, 0.1) is 0 Å². The van der Waals surface area contributed by atoms with Gasteiger partial charge in [-0.1, -0.05) is 34.6 Å². The van der Waals surface area contributed by atoms with Crippen molar-refractivity contribution < 1.29 is 9.21 Å². The van der Waals surface area contributed by atoms with Gasteiger partial charge in [0, 0.05) is 16.4 Å². The average molecular weight is 392 g/mol. The maximum Gasteiger partial charge on any atom is 0.259 e. The van der Waals surface area contributed by atoms with Gasteiger partial charge in [0.15, 0.2) is 11.2 Å². The smallest absolute Gasteiger partial charge is 0.259 e. The minimum absolute atomic E-state index is 0.0740. The van der Waals surface area contributed by atoms with Gasteiger partial charge in [-0.05, 0) is 42.8 Å². The molecule has 23 heavy (non-hydrogen) atoms. The Morgan fingerprint density at radius 3 is 2.83 bits per heavy atom. The quantitative estimate of drug-likeness (QED) is 0.648. The number of aromatic nitrogens is 2. The van der Waals surface area contributed by atoms with Crippen molar-refractivity contribution >= 4 is 50.5 Å². The lowest BCUT2D eigenvalue weighted by molar-refractivity contribution is -0.115. The fourth-order valence-electron chi connectivity index (χ4n) is 2.00. The molecule has 5 nitrogen and oxygen atoms in total. The Morgan fingerprint density at radius 2 is 2.13 bits per heavy atom. The van der Waals surface area contributed by atoms with E-state index in [9.17, 15) is 4.79 Å². The first kappa shape index (κ1) is 16.0. The molecule has 7 heteroatoms. The van der Waals surface area contributed by atoms with Crippen LogP contribution in [0.15, 0.2) is 56.7 Å². The van der Waals surface area contributed by atoms with Crippen molar-refractivity contribution in [3.63, 3.8) is 0 Å². The Kier molecular flexibility index (Phi) is 4.97. The highest BCUT2D eigenvalue weighted by molar-refractivity contribution is 9.10. The number of hydrogen-bond acceptors (Lipinski definition) is 5. The van der Waals surface area contributed by atoms with E-state index < -0.39 is 0 Å². The summed E-state index contributed by atoms with van der Waals surface area (Å²) in [7, 11) is 0. The monoisotopic (exact) mass is 391 g/mol. The van der Waals surface area contributed by atoms with Gasteiger partial charge in [0.05, 0.1) is 5.25 Å². The molecule has 0 fully saturated rings. The third-order valence-electron chi connectivity index (χ3n) is 3.16. The number of pyridine rings is 1. The fourth-order valence-corrected chi connectivity index (χ4v) is 3.12. The van der Waals surface area contributed by atoms with Gasteiger partial charge < -0.3 is 9.73 Å². The van der Waals surface area contributed by atoms with Crippen LogP contribution in [0.3, 0.4) is 0 Å². The third kappa shape index (κ3) is 3.92. The lowest BCUT2D eigenvalue weighted by Gasteiger charge is -2.12. The molecule has 1 aromatic carbocycles. The van der Waals surface area contributed by atoms with Crippen LogP contribution in [0.4, 0.5) is 5.69 Å². The van der Waals surface area contributed by atoms with Crippen molar-refractivity contribution in [3.05, 3.63) is 47.1 Å². The Balaban J connectivity index is 1.71. The number of hydrogen-bond donors (Lipinski definition) is 1. The van der Waals surface area contributed by atoms with E-state index in [1.54, 1.807) is 12.3 Å². The van der Waals surface area contributed by atoms with E-state index in [0.717, 1.165) is 10.2 Å². The molecule has 0 spiro atoms. The Bertz CT molecular complexity index is 787. The van der Waals surface area contributed by atoms with Crippen molar-refractivity contribution in [2.75, 3.05) is 5.32 Å². The number of rotatable bonds is 5. The second-order valence-electron chi connectivity index (χ2n) is 4.82. The normalized spacial score (nSPS) is 12.3. The maximum atomic E-state index is 12.4. The van der Waals surface area contributed by atoms with Crippen LogP contribution >= 0.6 is 27.7 Å². The molecule has 0 saturated carbocycles. The number of oxazole rings is 1. The molecule has 0 aliphatic rings. The summed E-state index contributed by atoms with van der Waals surface area (Å²) < 4.78 is 6.59. The Hall–Kier alpha value is -1.86. The van der Waals surface area contributed by atoms with Gasteiger partial charge in [-0.2, -0.15) is 4.98 Å². The topological polar surface area (TPSA) is 68.0 Å². The van der Waals surface area contributed by atoms with Crippen LogP contribution in [0.5, 0.6) is 0 Å². The molecule has 1 N–H and O–H groups in total. The summed E-state index contributed by atoms with van der Waals surface area (Å²) in [5.41, 5.74) is 1.94. The number of anilines is 1. The third-order valence-corrected chi connectivity index (χ3v) is 4.90. The molecular formula is C16H14BrN3O2S. The number of carbonyl (C=O) groups is 1. The fraction of sp³-hybridized carbons (Fsp3) is 0.188. The van der Waals surface area contributed by atoms with Crippen LogP contribution in [-0.2, 0) is 4.79 Å². The van der Waals surface area contributed by atoms with Gasteiger partial charge in [0.2, 0.25) is 5.91 Å². The van der Waals surface area contributed by atoms with Gasteiger partial charge >= 0.3 is 0 Å². The van der Waals surface area contributed by atoms with E-state index in [1.807, 2.05) is 37.3 Å². The molecule has 0 unspecified atom stereocenters. The zero-order valence-electron chi connectivity index (χ0n) is 12.3. The lowest BCUT2D eigenvalue weighted by atomic mass is 10.3. The molecule has 0 saturated heterocycles. The van der Waals surface area contributed by atoms with E-state index in [0.29, 0.717) is 22.9 Å². The zero-order valence-corrected chi connectivity index (χ0v) is 14.7. The van der Waals surface area contributed by atoms with E-state index in [1.165, 1.54) is 11.8 Å². The van der Waals surface area contributed by atoms with Crippen molar-refractivity contribution in [3.8, 4) is 0 Å². The highest BCUT2D eigenvalue weighted by atomic mass is 79.9. The molecule has 0 radical (unpaired) electrons. The van der Waals surface area contributed by atoms with E-state index in [-0.39, 0.29) is 11.2 Å². The molecule has 2 aromatic heterocycles. The number of halogens is 1. The highest BCUT2D eigenvalue weighted by Gasteiger charge is 2.21. The molecule has 0 bridgehead atoms. The van der Waals surface area contributed by atoms with Crippen molar-refractivity contribution in [1.29, 1.82) is 0 Å². The van der Waals surface area contributed by atoms with Gasteiger partial charge in [-0.25, -0.2) is 4.98 Å². The summed E-state index contributed by atoms with van der Waals surface area (Å²) in [5.74, 6) is -0.0740. The minimum Gasteiger partial charge on any atom is -0.430 e. The molecular weight excluding hydrogens is 378 g/mol. The lowest BCUT2D eigenvalue weighted by Crippen LogP contribution is -2.24. The molecule has 0 aliphatic heterocycles. The minimum atomic E-state index is -0.285. The van der Waals surface area contributed by atoms with Crippen LogP contribution in [0.1, 0.15) is 13.3 Å². The molecule has 1 atom stereocenters. The first-order valence-corrected chi connectivity index (χ1v) is 8.77. The van der Waals surface area contributed by atoms with E-state index in [2.05, 4.69) is 31.2 Å². The number of benzene rings is 1. The molecule has 2 heterocycles. The van der Waals surface area contributed by atoms with Crippen LogP contribution in [0.2, 0.25) is 0 Å². The molecule has 1 amide bonds. The first-order chi connectivity index (χ1) is 11.2. The molecule has 3 aromatic rings. The van der Waals surface area contributed by atoms with Gasteiger partial charge in [0.25, 0.3) is 5.22 Å². The van der Waals surface area contributed by atoms with Gasteiger partial charge in [0.1, 0.15) is 0 Å². The van der Waals surface area contributed by atoms with Gasteiger partial charge in [-0.3, -0.25) is 4.79 Å². The van der Waals surface area contributed by atoms with Crippen molar-refractivity contribution in [2.45, 2.75) is 23.8 Å². The summed E-state index contributed by atoms with van der Waals surface area (Å²) in [5, 5.41) is 3.08. The largest absolute Gasteiger partial charge is 0.430 e. The van der Waals surface area contributed by atoms with Crippen LogP contribution in [-0.4, -0.2) is 21.1 Å². The van der Waals surface area contributed by atoms with Crippen LogP contribution < -0.4 is 5.32 Å². The second kappa shape index (κ2) is 7.14. The number of fused-ring (bicyclic) bond motifs is 1. The SMILES string of the molecule is CC[C@H](Sc1nc2ncccc2o1)C(=O)Nc1ccc(Br)cc1. The molecule has 3 rings (SSSR count). The zero-order chi connectivity index (χ0) is 16.2. The second-order valence-corrected chi connectivity index (χ2v) is 6.89. The summed E-state index contributed by atoms with van der Waals surface area (Å²) in [4.78, 5) is 20.9. The predicted octanol–water partition coefficient (Wildman–Crippen LogP) is 4.49. The summed E-state index contributed by atoms with van der Waals surface area (Å²) >= 11 is 4.68. The number of carbonyl (C=O) groups excluding carboxylic acids is 1. The standard InChI is InChI=1S/C16H14BrN3O2S/c1-2-13(15(21)19-11-7-5-10(17)6-8-11)23-16-20-14-12(22-16)4-3-9-18-14/h3-9,13H,2H2,1H3,(H,19,21)/t13-/m0/s1. The van der Waals surface area contributed by atoms with Gasteiger partial charge in [-0.15, -0.1) is 0 Å². The highest BCUT2D eigenvalue weighted by Crippen LogP contribution is 2.28. The summed E-state index contributed by atoms with van der Waals surface area (Å²) in [6.07, 6.45) is 2.33. The van der Waals surface area contributed by atoms with E-state index in [4.69, 9.17) is 4.42 Å². The van der Waals surface area contributed by atoms with Crippen molar-refractivity contribution in [2.24, 2.45) is 0 Å². The number of thioether (sulfide) groups is 1. The number of nitrogens with zero attached hydrogens (tertiary/aromatic N) is 2. The Morgan fingerprint density at radius 1 is 1.35 bits per heavy atom. The summed E-state index contributed by atoms with van der Waals surface area (Å²) in [6.45, 7) is 1.96. The number of amides is 1. The van der Waals surface area contributed by atoms with Crippen molar-refractivity contribution in [1.82, 2.24) is 9.97 Å². The average Bonchev–Trinajstić information content (AvgIpc) is 2.97. The molecule has 0 aliphatic carbocycles. The Labute approximate surface area is 146 Å². The first-order valence-electron chi connectivity index (χ1n) is 7.10. The maximum absolute atomic E-state index is 12.4. The molecule has 118 valence electrons. The van der Waals surface area contributed by atoms with Crippen LogP contribution in [0.25, 0.3) is 11.2 Å². The summed E-state index contributed by atoms with van der Waals surface area (Å²) in [6, 6.07) is 11.1. The van der Waals surface area contributed by atoms with E-state index >= 15 is 0 Å². The predicted molar refractivity (Wildman–Crippen MR) is 94.5 cm³/mol. The number of nitrogens with one attached hydrogen (secondary N) is 1.